The standard InChI is InChI=1S/C11H14N2O7/c1-6-8(15)20-13-3-2-12-5-11(13)18-7(14)4-10(6,17)9(16)19-11/h6,12,17H,2-5H2,1H3. The Balaban J connectivity index is 2.11. The van der Waals surface area contributed by atoms with Crippen LogP contribution in [0, 0.1) is 5.92 Å². The van der Waals surface area contributed by atoms with Crippen LogP contribution in [0.1, 0.15) is 13.3 Å². The Morgan fingerprint density at radius 2 is 2.10 bits per heavy atom. The van der Waals surface area contributed by atoms with Gasteiger partial charge in [-0.2, -0.15) is 0 Å². The third kappa shape index (κ3) is 1.70. The molecule has 0 saturated carbocycles. The van der Waals surface area contributed by atoms with Crippen LogP contribution in [0.2, 0.25) is 0 Å². The van der Waals surface area contributed by atoms with Crippen LogP contribution in [0.4, 0.5) is 0 Å². The molecule has 3 fully saturated rings. The van der Waals surface area contributed by atoms with Gasteiger partial charge in [0.2, 0.25) is 0 Å². The number of aliphatic hydroxyl groups is 1. The lowest BCUT2D eigenvalue weighted by Gasteiger charge is -2.43. The first-order chi connectivity index (χ1) is 9.37. The lowest BCUT2D eigenvalue weighted by molar-refractivity contribution is -0.375. The number of ether oxygens (including phenoxy) is 2. The number of hydrogen-bond acceptors (Lipinski definition) is 9. The summed E-state index contributed by atoms with van der Waals surface area (Å²) in [7, 11) is 0. The van der Waals surface area contributed by atoms with Gasteiger partial charge in [-0.25, -0.2) is 9.59 Å². The van der Waals surface area contributed by atoms with Crippen LogP contribution < -0.4 is 5.32 Å². The predicted octanol–water partition coefficient (Wildman–Crippen LogP) is -2.13. The minimum Gasteiger partial charge on any atom is -0.405 e. The highest BCUT2D eigenvalue weighted by Crippen LogP contribution is 2.37. The molecule has 2 bridgehead atoms. The van der Waals surface area contributed by atoms with Gasteiger partial charge in [-0.15, -0.1) is 0 Å². The van der Waals surface area contributed by atoms with Gasteiger partial charge >= 0.3 is 23.8 Å². The SMILES string of the molecule is CC1C(=O)ON2CCNCC23OC(=O)CC1(O)C(=O)O3. The third-order valence-corrected chi connectivity index (χ3v) is 3.78. The normalized spacial score (nSPS) is 41.7. The van der Waals surface area contributed by atoms with Crippen LogP contribution in [-0.2, 0) is 28.7 Å². The molecule has 3 heterocycles. The van der Waals surface area contributed by atoms with Crippen molar-refractivity contribution in [2.45, 2.75) is 24.9 Å². The first-order valence-corrected chi connectivity index (χ1v) is 6.25. The van der Waals surface area contributed by atoms with E-state index < -0.39 is 41.8 Å². The summed E-state index contributed by atoms with van der Waals surface area (Å²) < 4.78 is 10.3. The Hall–Kier alpha value is -1.71. The van der Waals surface area contributed by atoms with Crippen LogP contribution in [0.15, 0.2) is 0 Å². The van der Waals surface area contributed by atoms with Gasteiger partial charge in [0.15, 0.2) is 5.60 Å². The largest absolute Gasteiger partial charge is 0.405 e. The Bertz CT molecular complexity index is 495. The number of nitrogens with zero attached hydrogens (tertiary/aromatic N) is 1. The summed E-state index contributed by atoms with van der Waals surface area (Å²) in [5.41, 5.74) is -2.28. The molecule has 9 heteroatoms. The topological polar surface area (TPSA) is 114 Å². The Kier molecular flexibility index (Phi) is 2.75. The van der Waals surface area contributed by atoms with Crippen molar-refractivity contribution in [3.8, 4) is 0 Å². The van der Waals surface area contributed by atoms with Gasteiger partial charge in [-0.1, -0.05) is 5.06 Å². The average molecular weight is 286 g/mol. The van der Waals surface area contributed by atoms with Crippen molar-refractivity contribution in [3.05, 3.63) is 0 Å². The smallest absolute Gasteiger partial charge is 0.364 e. The van der Waals surface area contributed by atoms with Crippen molar-refractivity contribution in [1.29, 1.82) is 0 Å². The second kappa shape index (κ2) is 4.14. The van der Waals surface area contributed by atoms with Crippen molar-refractivity contribution >= 4 is 17.9 Å². The predicted molar refractivity (Wildman–Crippen MR) is 59.3 cm³/mol. The van der Waals surface area contributed by atoms with Gasteiger partial charge in [0, 0.05) is 6.54 Å². The monoisotopic (exact) mass is 286 g/mol. The van der Waals surface area contributed by atoms with Crippen LogP contribution in [0.3, 0.4) is 0 Å². The molecule has 1 spiro atoms. The molecule has 3 rings (SSSR count). The summed E-state index contributed by atoms with van der Waals surface area (Å²) in [5.74, 6) is -5.81. The second-order valence-electron chi connectivity index (χ2n) is 5.09. The molecule has 0 aromatic heterocycles. The zero-order chi connectivity index (χ0) is 14.5. The van der Waals surface area contributed by atoms with Gasteiger partial charge in [0.05, 0.1) is 25.4 Å². The number of hydroxylamine groups is 2. The molecule has 0 radical (unpaired) electrons. The lowest BCUT2D eigenvalue weighted by Crippen LogP contribution is -2.67. The van der Waals surface area contributed by atoms with Crippen molar-refractivity contribution in [2.75, 3.05) is 19.6 Å². The number of carbonyl (C=O) groups excluding carboxylic acids is 3. The lowest BCUT2D eigenvalue weighted by atomic mass is 9.86. The van der Waals surface area contributed by atoms with Gasteiger partial charge < -0.3 is 24.7 Å². The zero-order valence-electron chi connectivity index (χ0n) is 10.7. The summed E-state index contributed by atoms with van der Waals surface area (Å²) in [5, 5.41) is 14.3. The molecule has 20 heavy (non-hydrogen) atoms. The van der Waals surface area contributed by atoms with E-state index in [4.69, 9.17) is 14.3 Å². The molecule has 3 aliphatic rings. The van der Waals surface area contributed by atoms with Gasteiger partial charge in [-0.05, 0) is 6.92 Å². The molecule has 0 aromatic rings. The van der Waals surface area contributed by atoms with Crippen molar-refractivity contribution in [2.24, 2.45) is 5.92 Å². The number of fused-ring (bicyclic) bond motifs is 2. The highest BCUT2D eigenvalue weighted by Gasteiger charge is 2.62. The third-order valence-electron chi connectivity index (χ3n) is 3.78. The number of hydrogen-bond donors (Lipinski definition) is 2. The summed E-state index contributed by atoms with van der Waals surface area (Å²) in [6, 6.07) is 0. The van der Waals surface area contributed by atoms with Crippen molar-refractivity contribution in [3.63, 3.8) is 0 Å². The first kappa shape index (κ1) is 13.3. The number of piperazine rings is 1. The van der Waals surface area contributed by atoms with Crippen molar-refractivity contribution in [1.82, 2.24) is 10.4 Å². The molecule has 3 aliphatic heterocycles. The average Bonchev–Trinajstić information content (AvgIpc) is 2.45. The van der Waals surface area contributed by atoms with E-state index in [0.717, 1.165) is 5.06 Å². The quantitative estimate of drug-likeness (QED) is 0.482. The van der Waals surface area contributed by atoms with Crippen molar-refractivity contribution < 1.29 is 33.8 Å². The van der Waals surface area contributed by atoms with E-state index in [1.807, 2.05) is 0 Å². The number of rotatable bonds is 0. The number of carbonyl (C=O) groups is 3. The highest BCUT2D eigenvalue weighted by atomic mass is 16.8. The fraction of sp³-hybridized carbons (Fsp3) is 0.727. The summed E-state index contributed by atoms with van der Waals surface area (Å²) >= 11 is 0. The van der Waals surface area contributed by atoms with E-state index in [1.165, 1.54) is 6.92 Å². The molecular weight excluding hydrogens is 272 g/mol. The molecule has 110 valence electrons. The van der Waals surface area contributed by atoms with E-state index in [0.29, 0.717) is 6.54 Å². The second-order valence-corrected chi connectivity index (χ2v) is 5.09. The van der Waals surface area contributed by atoms with Gasteiger partial charge in [0.25, 0.3) is 0 Å². The molecule has 3 unspecified atom stereocenters. The van der Waals surface area contributed by atoms with Crippen LogP contribution in [0.25, 0.3) is 0 Å². The minimum absolute atomic E-state index is 0.0534. The molecule has 2 N–H and O–H groups in total. The van der Waals surface area contributed by atoms with E-state index in [2.05, 4.69) is 5.32 Å². The fourth-order valence-electron chi connectivity index (χ4n) is 2.45. The number of esters is 2. The highest BCUT2D eigenvalue weighted by molar-refractivity contribution is 5.93. The molecule has 9 nitrogen and oxygen atoms in total. The maximum absolute atomic E-state index is 12.2. The van der Waals surface area contributed by atoms with Gasteiger partial charge in [-0.3, -0.25) is 4.79 Å². The summed E-state index contributed by atoms with van der Waals surface area (Å²) in [4.78, 5) is 41.1. The maximum Gasteiger partial charge on any atom is 0.364 e. The fourth-order valence-corrected chi connectivity index (χ4v) is 2.45. The molecule has 3 saturated heterocycles. The van der Waals surface area contributed by atoms with Crippen LogP contribution >= 0.6 is 0 Å². The maximum atomic E-state index is 12.2. The van der Waals surface area contributed by atoms with E-state index in [1.54, 1.807) is 0 Å². The van der Waals surface area contributed by atoms with E-state index in [9.17, 15) is 19.5 Å². The number of nitrogens with one attached hydrogen (secondary N) is 1. The minimum atomic E-state index is -2.28. The molecule has 0 aromatic carbocycles. The molecular formula is C11H14N2O7. The Morgan fingerprint density at radius 3 is 2.85 bits per heavy atom. The summed E-state index contributed by atoms with van der Waals surface area (Å²) in [6.45, 7) is 1.89. The van der Waals surface area contributed by atoms with Crippen LogP contribution in [-0.4, -0.2) is 59.2 Å². The van der Waals surface area contributed by atoms with E-state index >= 15 is 0 Å². The van der Waals surface area contributed by atoms with E-state index in [-0.39, 0.29) is 13.1 Å². The summed E-state index contributed by atoms with van der Waals surface area (Å²) in [6.07, 6.45) is -0.655. The van der Waals surface area contributed by atoms with Crippen LogP contribution in [0.5, 0.6) is 0 Å². The first-order valence-electron chi connectivity index (χ1n) is 6.25. The Morgan fingerprint density at radius 1 is 1.35 bits per heavy atom. The van der Waals surface area contributed by atoms with Gasteiger partial charge in [0.1, 0.15) is 0 Å². The molecule has 0 amide bonds. The Labute approximate surface area is 113 Å². The zero-order valence-corrected chi connectivity index (χ0v) is 10.7. The molecule has 0 aliphatic carbocycles. The molecule has 3 atom stereocenters.